The fourth-order valence-electron chi connectivity index (χ4n) is 1.44. The van der Waals surface area contributed by atoms with Crippen LogP contribution in [0.5, 0.6) is 0 Å². The Morgan fingerprint density at radius 2 is 2.18 bits per heavy atom. The Morgan fingerprint density at radius 3 is 2.82 bits per heavy atom. The Balaban J connectivity index is 2.29. The van der Waals surface area contributed by atoms with Crippen molar-refractivity contribution in [3.05, 3.63) is 48.6 Å². The molecule has 0 saturated heterocycles. The molecular weight excluding hydrogens is 214 g/mol. The van der Waals surface area contributed by atoms with Crippen molar-refractivity contribution in [3.63, 3.8) is 0 Å². The van der Waals surface area contributed by atoms with Gasteiger partial charge >= 0.3 is 6.09 Å². The lowest BCUT2D eigenvalue weighted by molar-refractivity contribution is 0.142. The van der Waals surface area contributed by atoms with Gasteiger partial charge in [0, 0.05) is 0 Å². The minimum atomic E-state index is -0.370. The topological polar surface area (TPSA) is 38.3 Å². The normalized spacial score (nSPS) is 11.6. The summed E-state index contributed by atoms with van der Waals surface area (Å²) in [5.74, 6) is 0. The molecule has 0 saturated carbocycles. The average Bonchev–Trinajstić information content (AvgIpc) is 2.36. The van der Waals surface area contributed by atoms with Gasteiger partial charge < -0.3 is 10.1 Å². The van der Waals surface area contributed by atoms with Crippen molar-refractivity contribution in [2.45, 2.75) is 25.8 Å². The minimum absolute atomic E-state index is 0.0388. The number of unbranched alkanes of at least 4 members (excludes halogenated alkanes) is 1. The zero-order valence-electron chi connectivity index (χ0n) is 10.2. The SMILES string of the molecule is C=CCCCOC(=O)N[C@H](C)c1ccccc1. The van der Waals surface area contributed by atoms with E-state index in [9.17, 15) is 4.79 Å². The van der Waals surface area contributed by atoms with Crippen molar-refractivity contribution in [3.8, 4) is 0 Å². The summed E-state index contributed by atoms with van der Waals surface area (Å²) < 4.78 is 5.04. The van der Waals surface area contributed by atoms with E-state index < -0.39 is 0 Å². The fourth-order valence-corrected chi connectivity index (χ4v) is 1.44. The second kappa shape index (κ2) is 7.49. The van der Waals surface area contributed by atoms with E-state index >= 15 is 0 Å². The number of ether oxygens (including phenoxy) is 1. The first-order valence-electron chi connectivity index (χ1n) is 5.83. The Kier molecular flexibility index (Phi) is 5.86. The van der Waals surface area contributed by atoms with E-state index in [1.54, 1.807) is 0 Å². The molecule has 0 radical (unpaired) electrons. The van der Waals surface area contributed by atoms with E-state index in [0.717, 1.165) is 18.4 Å². The Labute approximate surface area is 102 Å². The maximum Gasteiger partial charge on any atom is 0.407 e. The van der Waals surface area contributed by atoms with Crippen molar-refractivity contribution in [2.24, 2.45) is 0 Å². The van der Waals surface area contributed by atoms with Crippen molar-refractivity contribution < 1.29 is 9.53 Å². The summed E-state index contributed by atoms with van der Waals surface area (Å²) in [4.78, 5) is 11.4. The molecule has 0 spiro atoms. The number of carbonyl (C=O) groups excluding carboxylic acids is 1. The first kappa shape index (κ1) is 13.3. The number of hydrogen-bond donors (Lipinski definition) is 1. The molecule has 3 nitrogen and oxygen atoms in total. The summed E-state index contributed by atoms with van der Waals surface area (Å²) in [7, 11) is 0. The van der Waals surface area contributed by atoms with Gasteiger partial charge in [-0.3, -0.25) is 0 Å². The summed E-state index contributed by atoms with van der Waals surface area (Å²) in [6.07, 6.45) is 3.12. The van der Waals surface area contributed by atoms with Crippen LogP contribution in [0.2, 0.25) is 0 Å². The Bertz CT molecular complexity index is 348. The van der Waals surface area contributed by atoms with Crippen molar-refractivity contribution in [2.75, 3.05) is 6.61 Å². The van der Waals surface area contributed by atoms with E-state index in [-0.39, 0.29) is 12.1 Å². The molecule has 3 heteroatoms. The molecule has 1 rings (SSSR count). The number of nitrogens with one attached hydrogen (secondary N) is 1. The molecule has 0 aromatic heterocycles. The van der Waals surface area contributed by atoms with Crippen molar-refractivity contribution in [1.82, 2.24) is 5.32 Å². The lowest BCUT2D eigenvalue weighted by atomic mass is 10.1. The van der Waals surface area contributed by atoms with Crippen LogP contribution in [0.15, 0.2) is 43.0 Å². The summed E-state index contributed by atoms with van der Waals surface area (Å²) in [5.41, 5.74) is 1.07. The van der Waals surface area contributed by atoms with Gasteiger partial charge in [-0.15, -0.1) is 6.58 Å². The quantitative estimate of drug-likeness (QED) is 0.603. The monoisotopic (exact) mass is 233 g/mol. The molecular formula is C14H19NO2. The largest absolute Gasteiger partial charge is 0.450 e. The third kappa shape index (κ3) is 5.20. The number of benzene rings is 1. The van der Waals surface area contributed by atoms with Crippen molar-refractivity contribution in [1.29, 1.82) is 0 Å². The standard InChI is InChI=1S/C14H19NO2/c1-3-4-8-11-17-14(16)15-12(2)13-9-6-5-7-10-13/h3,5-7,9-10,12H,1,4,8,11H2,2H3,(H,15,16)/t12-/m1/s1. The second-order valence-corrected chi connectivity index (χ2v) is 3.84. The Morgan fingerprint density at radius 1 is 1.47 bits per heavy atom. The average molecular weight is 233 g/mol. The molecule has 0 aliphatic rings. The van der Waals surface area contributed by atoms with Crippen LogP contribution in [0.3, 0.4) is 0 Å². The second-order valence-electron chi connectivity index (χ2n) is 3.84. The predicted molar refractivity (Wildman–Crippen MR) is 68.8 cm³/mol. The molecule has 0 unspecified atom stereocenters. The zero-order chi connectivity index (χ0) is 12.5. The van der Waals surface area contributed by atoms with Crippen molar-refractivity contribution >= 4 is 6.09 Å². The Hall–Kier alpha value is -1.77. The van der Waals surface area contributed by atoms with Gasteiger partial charge in [0.1, 0.15) is 0 Å². The highest BCUT2D eigenvalue weighted by atomic mass is 16.5. The summed E-state index contributed by atoms with van der Waals surface area (Å²) in [5, 5.41) is 2.79. The number of rotatable bonds is 6. The van der Waals surface area contributed by atoms with E-state index in [2.05, 4.69) is 11.9 Å². The van der Waals surface area contributed by atoms with Crippen LogP contribution >= 0.6 is 0 Å². The van der Waals surface area contributed by atoms with Crippen LogP contribution in [-0.2, 0) is 4.74 Å². The first-order chi connectivity index (χ1) is 8.24. The van der Waals surface area contributed by atoms with E-state index in [1.807, 2.05) is 43.3 Å². The van der Waals surface area contributed by atoms with E-state index in [1.165, 1.54) is 0 Å². The molecule has 0 fully saturated rings. The third-order valence-corrected chi connectivity index (χ3v) is 2.42. The number of alkyl carbamates (subject to hydrolysis) is 1. The summed E-state index contributed by atoms with van der Waals surface area (Å²) in [6.45, 7) is 5.97. The molecule has 0 heterocycles. The molecule has 1 N–H and O–H groups in total. The smallest absolute Gasteiger partial charge is 0.407 e. The summed E-state index contributed by atoms with van der Waals surface area (Å²) >= 11 is 0. The molecule has 1 atom stereocenters. The number of amides is 1. The van der Waals surface area contributed by atoms with Crippen LogP contribution in [0.4, 0.5) is 4.79 Å². The molecule has 1 aromatic rings. The number of allylic oxidation sites excluding steroid dienone is 1. The number of carbonyl (C=O) groups is 1. The number of hydrogen-bond acceptors (Lipinski definition) is 2. The zero-order valence-corrected chi connectivity index (χ0v) is 10.2. The molecule has 1 aromatic carbocycles. The van der Waals surface area contributed by atoms with Gasteiger partial charge in [0.05, 0.1) is 12.6 Å². The highest BCUT2D eigenvalue weighted by Gasteiger charge is 2.09. The van der Waals surface area contributed by atoms with Gasteiger partial charge in [-0.25, -0.2) is 4.79 Å². The lowest BCUT2D eigenvalue weighted by Gasteiger charge is -2.14. The van der Waals surface area contributed by atoms with Crippen LogP contribution in [-0.4, -0.2) is 12.7 Å². The minimum Gasteiger partial charge on any atom is -0.450 e. The first-order valence-corrected chi connectivity index (χ1v) is 5.83. The van der Waals surface area contributed by atoms with Gasteiger partial charge in [-0.1, -0.05) is 36.4 Å². The third-order valence-electron chi connectivity index (χ3n) is 2.42. The molecule has 0 aliphatic heterocycles. The van der Waals surface area contributed by atoms with E-state index in [4.69, 9.17) is 4.74 Å². The van der Waals surface area contributed by atoms with Gasteiger partial charge in [-0.2, -0.15) is 0 Å². The van der Waals surface area contributed by atoms with Gasteiger partial charge in [0.15, 0.2) is 0 Å². The van der Waals surface area contributed by atoms with Gasteiger partial charge in [-0.05, 0) is 25.3 Å². The highest BCUT2D eigenvalue weighted by molar-refractivity contribution is 5.67. The van der Waals surface area contributed by atoms with Crippen LogP contribution < -0.4 is 5.32 Å². The maximum absolute atomic E-state index is 11.4. The van der Waals surface area contributed by atoms with Crippen LogP contribution in [0, 0.1) is 0 Å². The van der Waals surface area contributed by atoms with E-state index in [0.29, 0.717) is 6.61 Å². The molecule has 92 valence electrons. The molecule has 0 bridgehead atoms. The summed E-state index contributed by atoms with van der Waals surface area (Å²) in [6, 6.07) is 9.75. The van der Waals surface area contributed by atoms with Crippen LogP contribution in [0.1, 0.15) is 31.4 Å². The fraction of sp³-hybridized carbons (Fsp3) is 0.357. The van der Waals surface area contributed by atoms with Gasteiger partial charge in [0.25, 0.3) is 0 Å². The van der Waals surface area contributed by atoms with Gasteiger partial charge in [0.2, 0.25) is 0 Å². The molecule has 17 heavy (non-hydrogen) atoms. The lowest BCUT2D eigenvalue weighted by Crippen LogP contribution is -2.27. The molecule has 0 aliphatic carbocycles. The predicted octanol–water partition coefficient (Wildman–Crippen LogP) is 3.44. The highest BCUT2D eigenvalue weighted by Crippen LogP contribution is 2.10. The maximum atomic E-state index is 11.4. The molecule has 1 amide bonds. The van der Waals surface area contributed by atoms with Crippen LogP contribution in [0.25, 0.3) is 0 Å².